The van der Waals surface area contributed by atoms with E-state index in [1.165, 1.54) is 11.4 Å². The van der Waals surface area contributed by atoms with E-state index in [0.717, 1.165) is 19.5 Å². The fourth-order valence-corrected chi connectivity index (χ4v) is 2.11. The molecule has 1 heterocycles. The fraction of sp³-hybridized carbons (Fsp3) is 0.538. The molecule has 0 aliphatic carbocycles. The minimum Gasteiger partial charge on any atom is -0.391 e. The molecule has 1 aromatic carbocycles. The fourth-order valence-electron chi connectivity index (χ4n) is 2.11. The minimum atomic E-state index is -0.242. The van der Waals surface area contributed by atoms with Crippen LogP contribution in [-0.4, -0.2) is 30.3 Å². The first-order valence-corrected chi connectivity index (χ1v) is 6.00. The van der Waals surface area contributed by atoms with E-state index in [0.29, 0.717) is 6.04 Å². The van der Waals surface area contributed by atoms with Crippen LogP contribution < -0.4 is 10.2 Å². The van der Waals surface area contributed by atoms with Gasteiger partial charge in [0.15, 0.2) is 0 Å². The molecule has 0 fully saturated rings. The molecule has 0 radical (unpaired) electrons. The number of hydrogen-bond acceptors (Lipinski definition) is 3. The first-order chi connectivity index (χ1) is 7.72. The molecule has 88 valence electrons. The number of β-amino-alcohol motifs (C(OH)–C–C–N with tert-alkyl or cyclic N) is 1. The second kappa shape index (κ2) is 4.74. The normalized spacial score (nSPS) is 21.2. The zero-order valence-electron chi connectivity index (χ0n) is 9.98. The van der Waals surface area contributed by atoms with E-state index in [1.54, 1.807) is 0 Å². The summed E-state index contributed by atoms with van der Waals surface area (Å²) in [6.07, 6.45) is 0.562. The molecule has 2 unspecified atom stereocenters. The molecule has 2 N–H and O–H groups in total. The first kappa shape index (κ1) is 11.3. The van der Waals surface area contributed by atoms with E-state index in [1.807, 2.05) is 19.1 Å². The van der Waals surface area contributed by atoms with Gasteiger partial charge in [-0.2, -0.15) is 0 Å². The quantitative estimate of drug-likeness (QED) is 0.818. The number of fused-ring (bicyclic) bond motifs is 1. The lowest BCUT2D eigenvalue weighted by molar-refractivity contribution is 0.173. The number of nitrogens with zero attached hydrogens (tertiary/aromatic N) is 1. The number of anilines is 2. The van der Waals surface area contributed by atoms with Gasteiger partial charge in [-0.05, 0) is 25.5 Å². The van der Waals surface area contributed by atoms with Gasteiger partial charge in [-0.1, -0.05) is 19.1 Å². The number of hydrogen-bond donors (Lipinski definition) is 2. The molecule has 0 spiro atoms. The third-order valence-electron chi connectivity index (χ3n) is 3.21. The Bertz CT molecular complexity index is 354. The van der Waals surface area contributed by atoms with Crippen LogP contribution in [0.4, 0.5) is 11.4 Å². The van der Waals surface area contributed by atoms with Gasteiger partial charge < -0.3 is 15.3 Å². The Morgan fingerprint density at radius 3 is 3.00 bits per heavy atom. The van der Waals surface area contributed by atoms with Gasteiger partial charge in [-0.15, -0.1) is 0 Å². The van der Waals surface area contributed by atoms with Crippen molar-refractivity contribution in [3.63, 3.8) is 0 Å². The smallest absolute Gasteiger partial charge is 0.0712 e. The van der Waals surface area contributed by atoms with Crippen molar-refractivity contribution in [2.75, 3.05) is 23.3 Å². The predicted octanol–water partition coefficient (Wildman–Crippen LogP) is 2.08. The van der Waals surface area contributed by atoms with Crippen molar-refractivity contribution in [3.8, 4) is 0 Å². The Morgan fingerprint density at radius 1 is 1.50 bits per heavy atom. The highest BCUT2D eigenvalue weighted by molar-refractivity contribution is 5.72. The van der Waals surface area contributed by atoms with E-state index in [-0.39, 0.29) is 6.10 Å². The molecule has 0 saturated carbocycles. The summed E-state index contributed by atoms with van der Waals surface area (Å²) in [6, 6.07) is 8.71. The third-order valence-corrected chi connectivity index (χ3v) is 3.21. The van der Waals surface area contributed by atoms with Crippen molar-refractivity contribution < 1.29 is 5.11 Å². The van der Waals surface area contributed by atoms with Crippen LogP contribution in [0.2, 0.25) is 0 Å². The molecule has 2 atom stereocenters. The second-order valence-electron chi connectivity index (χ2n) is 4.46. The van der Waals surface area contributed by atoms with Crippen LogP contribution >= 0.6 is 0 Å². The molecule has 1 aliphatic heterocycles. The van der Waals surface area contributed by atoms with Crippen LogP contribution in [-0.2, 0) is 0 Å². The summed E-state index contributed by atoms with van der Waals surface area (Å²) in [7, 11) is 0. The van der Waals surface area contributed by atoms with Crippen LogP contribution in [0.3, 0.4) is 0 Å². The Hall–Kier alpha value is -1.22. The van der Waals surface area contributed by atoms with Gasteiger partial charge in [0, 0.05) is 19.1 Å². The molecule has 1 aromatic rings. The minimum absolute atomic E-state index is 0.242. The molecular weight excluding hydrogens is 200 g/mol. The van der Waals surface area contributed by atoms with Gasteiger partial charge >= 0.3 is 0 Å². The van der Waals surface area contributed by atoms with Gasteiger partial charge in [-0.3, -0.25) is 0 Å². The lowest BCUT2D eigenvalue weighted by atomic mass is 10.1. The van der Waals surface area contributed by atoms with Gasteiger partial charge in [-0.25, -0.2) is 0 Å². The molecule has 3 nitrogen and oxygen atoms in total. The Balaban J connectivity index is 2.22. The topological polar surface area (TPSA) is 35.5 Å². The van der Waals surface area contributed by atoms with Crippen LogP contribution in [0.5, 0.6) is 0 Å². The van der Waals surface area contributed by atoms with Gasteiger partial charge in [0.25, 0.3) is 0 Å². The summed E-state index contributed by atoms with van der Waals surface area (Å²) in [5.41, 5.74) is 2.37. The van der Waals surface area contributed by atoms with Gasteiger partial charge in [0.1, 0.15) is 0 Å². The summed E-state index contributed by atoms with van der Waals surface area (Å²) < 4.78 is 0. The first-order valence-electron chi connectivity index (χ1n) is 6.00. The number of nitrogens with one attached hydrogen (secondary N) is 1. The monoisotopic (exact) mass is 220 g/mol. The molecule has 16 heavy (non-hydrogen) atoms. The number of rotatable bonds is 3. The highest BCUT2D eigenvalue weighted by Crippen LogP contribution is 2.31. The molecule has 0 saturated heterocycles. The standard InChI is InChI=1S/C13H20N2O/c1-3-11(16)9-15-10(2)8-14-12-6-4-5-7-13(12)15/h4-7,10-11,14,16H,3,8-9H2,1-2H3. The van der Waals surface area contributed by atoms with E-state index in [2.05, 4.69) is 29.3 Å². The van der Waals surface area contributed by atoms with Gasteiger partial charge in [0.2, 0.25) is 0 Å². The zero-order valence-corrected chi connectivity index (χ0v) is 9.98. The van der Waals surface area contributed by atoms with E-state index < -0.39 is 0 Å². The van der Waals surface area contributed by atoms with Crippen molar-refractivity contribution in [2.24, 2.45) is 0 Å². The Labute approximate surface area is 97.1 Å². The summed E-state index contributed by atoms with van der Waals surface area (Å²) in [5.74, 6) is 0. The van der Waals surface area contributed by atoms with Crippen LogP contribution in [0, 0.1) is 0 Å². The second-order valence-corrected chi connectivity index (χ2v) is 4.46. The Kier molecular flexibility index (Phi) is 3.34. The summed E-state index contributed by atoms with van der Waals surface area (Å²) in [4.78, 5) is 2.29. The van der Waals surface area contributed by atoms with E-state index in [9.17, 15) is 5.11 Å². The molecule has 3 heteroatoms. The van der Waals surface area contributed by atoms with Crippen LogP contribution in [0.15, 0.2) is 24.3 Å². The maximum atomic E-state index is 9.79. The molecule has 2 rings (SSSR count). The predicted molar refractivity (Wildman–Crippen MR) is 68.0 cm³/mol. The number of para-hydroxylation sites is 2. The van der Waals surface area contributed by atoms with Crippen molar-refractivity contribution in [1.29, 1.82) is 0 Å². The van der Waals surface area contributed by atoms with Crippen molar-refractivity contribution in [1.82, 2.24) is 0 Å². The lowest BCUT2D eigenvalue weighted by Crippen LogP contribution is -2.45. The summed E-state index contributed by atoms with van der Waals surface area (Å²) in [5, 5.41) is 13.2. The molecule has 0 amide bonds. The van der Waals surface area contributed by atoms with E-state index >= 15 is 0 Å². The van der Waals surface area contributed by atoms with Crippen LogP contribution in [0.1, 0.15) is 20.3 Å². The lowest BCUT2D eigenvalue weighted by Gasteiger charge is -2.38. The number of aliphatic hydroxyl groups is 1. The number of benzene rings is 1. The van der Waals surface area contributed by atoms with Crippen molar-refractivity contribution >= 4 is 11.4 Å². The van der Waals surface area contributed by atoms with Gasteiger partial charge in [0.05, 0.1) is 17.5 Å². The largest absolute Gasteiger partial charge is 0.391 e. The zero-order chi connectivity index (χ0) is 11.5. The summed E-state index contributed by atoms with van der Waals surface area (Å²) >= 11 is 0. The van der Waals surface area contributed by atoms with Crippen LogP contribution in [0.25, 0.3) is 0 Å². The summed E-state index contributed by atoms with van der Waals surface area (Å²) in [6.45, 7) is 5.86. The number of aliphatic hydroxyl groups excluding tert-OH is 1. The highest BCUT2D eigenvalue weighted by Gasteiger charge is 2.23. The van der Waals surface area contributed by atoms with Crippen molar-refractivity contribution in [3.05, 3.63) is 24.3 Å². The Morgan fingerprint density at radius 2 is 2.25 bits per heavy atom. The van der Waals surface area contributed by atoms with E-state index in [4.69, 9.17) is 0 Å². The third kappa shape index (κ3) is 2.14. The highest BCUT2D eigenvalue weighted by atomic mass is 16.3. The molecular formula is C13H20N2O. The molecule has 1 aliphatic rings. The van der Waals surface area contributed by atoms with Crippen molar-refractivity contribution in [2.45, 2.75) is 32.4 Å². The SMILES string of the molecule is CCC(O)CN1c2ccccc2NCC1C. The maximum absolute atomic E-state index is 9.79. The maximum Gasteiger partial charge on any atom is 0.0712 e. The molecule has 0 bridgehead atoms. The average molecular weight is 220 g/mol. The molecule has 0 aromatic heterocycles. The average Bonchev–Trinajstić information content (AvgIpc) is 2.32.